The first-order chi connectivity index (χ1) is 7.70. The van der Waals surface area contributed by atoms with Gasteiger partial charge in [-0.05, 0) is 36.6 Å². The zero-order valence-electron chi connectivity index (χ0n) is 8.82. The summed E-state index contributed by atoms with van der Waals surface area (Å²) in [4.78, 5) is 0. The summed E-state index contributed by atoms with van der Waals surface area (Å²) in [5.74, 6) is 0.438. The van der Waals surface area contributed by atoms with Crippen LogP contribution in [0.5, 0.6) is 5.75 Å². The summed E-state index contributed by atoms with van der Waals surface area (Å²) < 4.78 is 18.6. The molecule has 0 saturated heterocycles. The zero-order chi connectivity index (χ0) is 11.5. The van der Waals surface area contributed by atoms with Gasteiger partial charge in [0, 0.05) is 6.54 Å². The van der Waals surface area contributed by atoms with Crippen molar-refractivity contribution in [2.75, 3.05) is 6.54 Å². The number of fused-ring (bicyclic) bond motifs is 1. The molecule has 0 bridgehead atoms. The van der Waals surface area contributed by atoms with Crippen LogP contribution in [0, 0.1) is 5.82 Å². The van der Waals surface area contributed by atoms with Crippen LogP contribution in [0.3, 0.4) is 0 Å². The average molecular weight is 243 g/mol. The Morgan fingerprint density at radius 1 is 1.62 bits per heavy atom. The highest BCUT2D eigenvalue weighted by Crippen LogP contribution is 2.29. The predicted octanol–water partition coefficient (Wildman–Crippen LogP) is 1.26. The van der Waals surface area contributed by atoms with Crippen molar-refractivity contribution in [3.8, 4) is 5.75 Å². The molecule has 3 nitrogen and oxygen atoms in total. The highest BCUT2D eigenvalue weighted by atomic mass is 31.0. The van der Waals surface area contributed by atoms with Gasteiger partial charge in [0.2, 0.25) is 0 Å². The molecule has 5 heteroatoms. The van der Waals surface area contributed by atoms with E-state index in [9.17, 15) is 9.50 Å². The van der Waals surface area contributed by atoms with Gasteiger partial charge in [-0.3, -0.25) is 5.09 Å². The lowest BCUT2D eigenvalue weighted by Gasteiger charge is -2.29. The fourth-order valence-electron chi connectivity index (χ4n) is 1.90. The molecule has 1 aromatic carbocycles. The highest BCUT2D eigenvalue weighted by Gasteiger charge is 2.25. The maximum absolute atomic E-state index is 13.0. The molecule has 0 aliphatic carbocycles. The maximum Gasteiger partial charge on any atom is 0.126 e. The fourth-order valence-corrected chi connectivity index (χ4v) is 2.14. The third-order valence-corrected chi connectivity index (χ3v) is 2.99. The smallest absolute Gasteiger partial charge is 0.126 e. The molecule has 3 atom stereocenters. The van der Waals surface area contributed by atoms with E-state index < -0.39 is 6.10 Å². The standard InChI is InChI=1S/C11H15FNO2P/c12-8-2-4-10-7(5-8)1-3-11(15-10)9(14)6-13-16/h2,4-5,9,11,13-14H,1,3,6,16H2/t9-,11+/m0/s1. The molecule has 0 saturated carbocycles. The van der Waals surface area contributed by atoms with E-state index in [4.69, 9.17) is 4.74 Å². The molecule has 0 fully saturated rings. The number of nitrogens with one attached hydrogen (secondary N) is 1. The van der Waals surface area contributed by atoms with Gasteiger partial charge in [-0.2, -0.15) is 0 Å². The summed E-state index contributed by atoms with van der Waals surface area (Å²) in [6.07, 6.45) is 0.692. The number of aliphatic hydroxyl groups is 1. The first-order valence-electron chi connectivity index (χ1n) is 5.27. The van der Waals surface area contributed by atoms with E-state index >= 15 is 0 Å². The number of rotatable bonds is 3. The quantitative estimate of drug-likeness (QED) is 0.785. The monoisotopic (exact) mass is 243 g/mol. The molecule has 1 aliphatic heterocycles. The van der Waals surface area contributed by atoms with Crippen molar-refractivity contribution in [3.63, 3.8) is 0 Å². The van der Waals surface area contributed by atoms with Crippen LogP contribution in [0.2, 0.25) is 0 Å². The molecule has 0 aromatic heterocycles. The molecule has 1 unspecified atom stereocenters. The van der Waals surface area contributed by atoms with Crippen molar-refractivity contribution in [1.82, 2.24) is 5.09 Å². The van der Waals surface area contributed by atoms with Crippen molar-refractivity contribution in [2.24, 2.45) is 0 Å². The second-order valence-corrected chi connectivity index (χ2v) is 4.33. The molecule has 2 rings (SSSR count). The van der Waals surface area contributed by atoms with E-state index in [0.29, 0.717) is 18.7 Å². The van der Waals surface area contributed by atoms with E-state index in [1.54, 1.807) is 6.07 Å². The van der Waals surface area contributed by atoms with E-state index in [-0.39, 0.29) is 11.9 Å². The lowest BCUT2D eigenvalue weighted by Crippen LogP contribution is -2.39. The molecule has 1 aliphatic rings. The summed E-state index contributed by atoms with van der Waals surface area (Å²) >= 11 is 0. The third-order valence-electron chi connectivity index (χ3n) is 2.76. The van der Waals surface area contributed by atoms with Crippen LogP contribution in [-0.2, 0) is 6.42 Å². The highest BCUT2D eigenvalue weighted by molar-refractivity contribution is 7.13. The SMILES string of the molecule is O[C@@H](CNP)[C@H]1CCc2cc(F)ccc2O1. The minimum atomic E-state index is -0.546. The number of benzene rings is 1. The van der Waals surface area contributed by atoms with Crippen molar-refractivity contribution in [1.29, 1.82) is 0 Å². The first kappa shape index (κ1) is 11.8. The van der Waals surface area contributed by atoms with Crippen LogP contribution in [0.15, 0.2) is 18.2 Å². The van der Waals surface area contributed by atoms with E-state index in [1.807, 2.05) is 0 Å². The minimum absolute atomic E-state index is 0.217. The van der Waals surface area contributed by atoms with Crippen molar-refractivity contribution in [3.05, 3.63) is 29.6 Å². The summed E-state index contributed by atoms with van der Waals surface area (Å²) in [6, 6.07) is 4.49. The van der Waals surface area contributed by atoms with Gasteiger partial charge in [-0.25, -0.2) is 4.39 Å². The Labute approximate surface area is 96.3 Å². The van der Waals surface area contributed by atoms with Gasteiger partial charge >= 0.3 is 0 Å². The Morgan fingerprint density at radius 2 is 2.44 bits per heavy atom. The van der Waals surface area contributed by atoms with Gasteiger partial charge in [0.15, 0.2) is 0 Å². The minimum Gasteiger partial charge on any atom is -0.487 e. The summed E-state index contributed by atoms with van der Waals surface area (Å²) in [7, 11) is 2.35. The number of ether oxygens (including phenoxy) is 1. The lowest BCUT2D eigenvalue weighted by atomic mass is 9.99. The molecule has 2 N–H and O–H groups in total. The van der Waals surface area contributed by atoms with Crippen LogP contribution in [0.4, 0.5) is 4.39 Å². The molecule has 0 amide bonds. The molecule has 88 valence electrons. The van der Waals surface area contributed by atoms with Crippen LogP contribution >= 0.6 is 9.39 Å². The Balaban J connectivity index is 2.09. The van der Waals surface area contributed by atoms with Gasteiger partial charge in [0.05, 0.1) is 0 Å². The van der Waals surface area contributed by atoms with Gasteiger partial charge in [0.25, 0.3) is 0 Å². The number of aryl methyl sites for hydroxylation is 1. The van der Waals surface area contributed by atoms with Crippen LogP contribution in [0.25, 0.3) is 0 Å². The Bertz CT molecular complexity index is 375. The maximum atomic E-state index is 13.0. The number of aliphatic hydroxyl groups excluding tert-OH is 1. The van der Waals surface area contributed by atoms with Crippen LogP contribution in [0.1, 0.15) is 12.0 Å². The van der Waals surface area contributed by atoms with Crippen molar-refractivity contribution < 1.29 is 14.2 Å². The van der Waals surface area contributed by atoms with Gasteiger partial charge in [-0.15, -0.1) is 0 Å². The van der Waals surface area contributed by atoms with E-state index in [2.05, 4.69) is 14.5 Å². The Kier molecular flexibility index (Phi) is 3.74. The summed E-state index contributed by atoms with van der Waals surface area (Å²) in [5, 5.41) is 12.6. The Hall–Kier alpha value is -0.700. The molecular formula is C11H15FNO2P. The fraction of sp³-hybridized carbons (Fsp3) is 0.455. The molecule has 1 aromatic rings. The van der Waals surface area contributed by atoms with Crippen LogP contribution in [-0.4, -0.2) is 23.9 Å². The number of hydrogen-bond acceptors (Lipinski definition) is 3. The zero-order valence-corrected chi connectivity index (χ0v) is 9.97. The van der Waals surface area contributed by atoms with Gasteiger partial charge < -0.3 is 9.84 Å². The lowest BCUT2D eigenvalue weighted by molar-refractivity contribution is 0.0278. The second kappa shape index (κ2) is 5.09. The molecule has 0 spiro atoms. The second-order valence-electron chi connectivity index (χ2n) is 3.92. The van der Waals surface area contributed by atoms with E-state index in [0.717, 1.165) is 12.0 Å². The number of hydrogen-bond donors (Lipinski definition) is 2. The topological polar surface area (TPSA) is 41.5 Å². The van der Waals surface area contributed by atoms with Crippen LogP contribution < -0.4 is 9.82 Å². The van der Waals surface area contributed by atoms with Crippen molar-refractivity contribution in [2.45, 2.75) is 25.0 Å². The molecular weight excluding hydrogens is 228 g/mol. The average Bonchev–Trinajstić information content (AvgIpc) is 2.28. The predicted molar refractivity (Wildman–Crippen MR) is 62.9 cm³/mol. The Morgan fingerprint density at radius 3 is 3.19 bits per heavy atom. The largest absolute Gasteiger partial charge is 0.487 e. The van der Waals surface area contributed by atoms with E-state index in [1.165, 1.54) is 12.1 Å². The molecule has 1 heterocycles. The summed E-state index contributed by atoms with van der Waals surface area (Å²) in [6.45, 7) is 0.464. The van der Waals surface area contributed by atoms with Gasteiger partial charge in [-0.1, -0.05) is 9.39 Å². The van der Waals surface area contributed by atoms with Crippen molar-refractivity contribution >= 4 is 9.39 Å². The summed E-state index contributed by atoms with van der Waals surface area (Å²) in [5.41, 5.74) is 0.877. The normalized spacial score (nSPS) is 21.1. The van der Waals surface area contributed by atoms with Gasteiger partial charge in [0.1, 0.15) is 23.8 Å². The number of halogens is 1. The third kappa shape index (κ3) is 2.51. The molecule has 16 heavy (non-hydrogen) atoms. The molecule has 0 radical (unpaired) electrons. The first-order valence-corrected chi connectivity index (χ1v) is 5.85.